The maximum Gasteiger partial charge on any atom is 0.0787 e. The Morgan fingerprint density at radius 1 is 1.16 bits per heavy atom. The number of hydrogen-bond acceptors (Lipinski definition) is 3. The molecular weight excluding hydrogens is 236 g/mol. The van der Waals surface area contributed by atoms with Gasteiger partial charge in [0, 0.05) is 6.04 Å². The van der Waals surface area contributed by atoms with Crippen molar-refractivity contribution in [2.45, 2.75) is 70.6 Å². The number of ether oxygens (including phenoxy) is 1. The molecule has 2 fully saturated rings. The van der Waals surface area contributed by atoms with Gasteiger partial charge in [-0.15, -0.1) is 0 Å². The first-order valence-electron chi connectivity index (χ1n) is 7.91. The standard InChI is InChI=1S/C16H32N2O/c1-15(2)12-14(16(3,4)19-15)17-9-6-13-7-10-18(5)11-8-13/h13-14,17H,6-12H2,1-5H3. The second kappa shape index (κ2) is 5.71. The molecule has 2 saturated heterocycles. The van der Waals surface area contributed by atoms with Gasteiger partial charge in [-0.2, -0.15) is 0 Å². The van der Waals surface area contributed by atoms with Gasteiger partial charge in [0.25, 0.3) is 0 Å². The van der Waals surface area contributed by atoms with Gasteiger partial charge in [-0.1, -0.05) is 0 Å². The highest BCUT2D eigenvalue weighted by atomic mass is 16.5. The van der Waals surface area contributed by atoms with Crippen molar-refractivity contribution < 1.29 is 4.74 Å². The van der Waals surface area contributed by atoms with Gasteiger partial charge in [0.05, 0.1) is 11.2 Å². The summed E-state index contributed by atoms with van der Waals surface area (Å²) in [6.07, 6.45) is 5.18. The van der Waals surface area contributed by atoms with Crippen LogP contribution in [0.4, 0.5) is 0 Å². The van der Waals surface area contributed by atoms with E-state index in [1.54, 1.807) is 0 Å². The average molecular weight is 268 g/mol. The van der Waals surface area contributed by atoms with Crippen LogP contribution < -0.4 is 5.32 Å². The maximum absolute atomic E-state index is 6.14. The Bertz CT molecular complexity index is 293. The molecule has 2 rings (SSSR count). The van der Waals surface area contributed by atoms with Gasteiger partial charge in [0.15, 0.2) is 0 Å². The van der Waals surface area contributed by atoms with Crippen LogP contribution >= 0.6 is 0 Å². The van der Waals surface area contributed by atoms with Crippen LogP contribution in [0, 0.1) is 5.92 Å². The van der Waals surface area contributed by atoms with Crippen LogP contribution in [-0.2, 0) is 4.74 Å². The van der Waals surface area contributed by atoms with E-state index in [9.17, 15) is 0 Å². The fourth-order valence-electron chi connectivity index (χ4n) is 3.69. The molecule has 0 amide bonds. The zero-order valence-corrected chi connectivity index (χ0v) is 13.5. The largest absolute Gasteiger partial charge is 0.368 e. The molecule has 112 valence electrons. The molecule has 0 spiro atoms. The molecule has 1 atom stereocenters. The zero-order valence-electron chi connectivity index (χ0n) is 13.5. The van der Waals surface area contributed by atoms with Crippen molar-refractivity contribution in [1.29, 1.82) is 0 Å². The Hall–Kier alpha value is -0.120. The van der Waals surface area contributed by atoms with Crippen LogP contribution in [0.25, 0.3) is 0 Å². The highest BCUT2D eigenvalue weighted by Gasteiger charge is 2.45. The molecule has 2 aliphatic heterocycles. The van der Waals surface area contributed by atoms with E-state index in [0.29, 0.717) is 6.04 Å². The molecule has 0 saturated carbocycles. The average Bonchev–Trinajstić information content (AvgIpc) is 2.49. The minimum absolute atomic E-state index is 0.0225. The lowest BCUT2D eigenvalue weighted by atomic mass is 9.92. The van der Waals surface area contributed by atoms with Crippen molar-refractivity contribution in [3.8, 4) is 0 Å². The van der Waals surface area contributed by atoms with Gasteiger partial charge in [-0.05, 0) is 86.0 Å². The molecule has 2 aliphatic rings. The molecule has 1 unspecified atom stereocenters. The van der Waals surface area contributed by atoms with Crippen LogP contribution in [-0.4, -0.2) is 48.8 Å². The van der Waals surface area contributed by atoms with Gasteiger partial charge in [0.1, 0.15) is 0 Å². The summed E-state index contributed by atoms with van der Waals surface area (Å²) in [7, 11) is 2.23. The first-order valence-corrected chi connectivity index (χ1v) is 7.91. The maximum atomic E-state index is 6.14. The SMILES string of the molecule is CN1CCC(CCNC2CC(C)(C)OC2(C)C)CC1. The van der Waals surface area contributed by atoms with Crippen LogP contribution in [0.15, 0.2) is 0 Å². The smallest absolute Gasteiger partial charge is 0.0787 e. The Labute approximate surface area is 119 Å². The van der Waals surface area contributed by atoms with Crippen molar-refractivity contribution in [3.63, 3.8) is 0 Å². The molecule has 0 aromatic rings. The minimum Gasteiger partial charge on any atom is -0.368 e. The first-order chi connectivity index (χ1) is 8.78. The summed E-state index contributed by atoms with van der Waals surface area (Å²) in [5.74, 6) is 0.919. The van der Waals surface area contributed by atoms with Crippen LogP contribution in [0.3, 0.4) is 0 Å². The van der Waals surface area contributed by atoms with Gasteiger partial charge >= 0.3 is 0 Å². The lowest BCUT2D eigenvalue weighted by Gasteiger charge is -2.31. The highest BCUT2D eigenvalue weighted by molar-refractivity contribution is 4.98. The van der Waals surface area contributed by atoms with Crippen molar-refractivity contribution in [3.05, 3.63) is 0 Å². The third-order valence-corrected chi connectivity index (χ3v) is 4.86. The van der Waals surface area contributed by atoms with Crippen LogP contribution in [0.5, 0.6) is 0 Å². The topological polar surface area (TPSA) is 24.5 Å². The summed E-state index contributed by atoms with van der Waals surface area (Å²) < 4.78 is 6.14. The number of nitrogens with one attached hydrogen (secondary N) is 1. The van der Waals surface area contributed by atoms with E-state index < -0.39 is 0 Å². The van der Waals surface area contributed by atoms with E-state index in [0.717, 1.165) is 18.9 Å². The van der Waals surface area contributed by atoms with E-state index in [1.165, 1.54) is 32.4 Å². The second-order valence-corrected chi connectivity index (χ2v) is 7.71. The zero-order chi connectivity index (χ0) is 14.1. The summed E-state index contributed by atoms with van der Waals surface area (Å²) in [6, 6.07) is 0.494. The molecule has 0 aliphatic carbocycles. The van der Waals surface area contributed by atoms with Crippen molar-refractivity contribution in [2.24, 2.45) is 5.92 Å². The predicted octanol–water partition coefficient (Wildman–Crippen LogP) is 2.65. The van der Waals surface area contributed by atoms with Crippen molar-refractivity contribution in [2.75, 3.05) is 26.7 Å². The molecule has 0 aromatic heterocycles. The van der Waals surface area contributed by atoms with E-state index in [2.05, 4.69) is 45.0 Å². The molecule has 3 heteroatoms. The number of piperidine rings is 1. The molecule has 3 nitrogen and oxygen atoms in total. The van der Waals surface area contributed by atoms with Gasteiger partial charge < -0.3 is 15.0 Å². The Morgan fingerprint density at radius 2 is 1.79 bits per heavy atom. The molecule has 0 radical (unpaired) electrons. The Morgan fingerprint density at radius 3 is 2.32 bits per heavy atom. The van der Waals surface area contributed by atoms with Gasteiger partial charge in [-0.25, -0.2) is 0 Å². The van der Waals surface area contributed by atoms with E-state index in [4.69, 9.17) is 4.74 Å². The lowest BCUT2D eigenvalue weighted by Crippen LogP contribution is -2.44. The summed E-state index contributed by atoms with van der Waals surface area (Å²) >= 11 is 0. The fraction of sp³-hybridized carbons (Fsp3) is 1.00. The van der Waals surface area contributed by atoms with Crippen molar-refractivity contribution >= 4 is 0 Å². The summed E-state index contributed by atoms with van der Waals surface area (Å²) in [6.45, 7) is 12.5. The number of likely N-dealkylation sites (tertiary alicyclic amines) is 1. The second-order valence-electron chi connectivity index (χ2n) is 7.71. The summed E-state index contributed by atoms with van der Waals surface area (Å²) in [5.41, 5.74) is -0.00893. The minimum atomic E-state index is -0.0315. The Kier molecular flexibility index (Phi) is 4.59. The van der Waals surface area contributed by atoms with Crippen LogP contribution in [0.1, 0.15) is 53.4 Å². The Balaban J connectivity index is 1.71. The number of nitrogens with zero attached hydrogens (tertiary/aromatic N) is 1. The van der Waals surface area contributed by atoms with E-state index in [-0.39, 0.29) is 11.2 Å². The first kappa shape index (κ1) is 15.3. The molecule has 19 heavy (non-hydrogen) atoms. The molecular formula is C16H32N2O. The molecule has 2 heterocycles. The van der Waals surface area contributed by atoms with E-state index >= 15 is 0 Å². The third-order valence-electron chi connectivity index (χ3n) is 4.86. The molecule has 1 N–H and O–H groups in total. The van der Waals surface area contributed by atoms with Crippen LogP contribution in [0.2, 0.25) is 0 Å². The quantitative estimate of drug-likeness (QED) is 0.848. The van der Waals surface area contributed by atoms with Gasteiger partial charge in [-0.3, -0.25) is 0 Å². The summed E-state index contributed by atoms with van der Waals surface area (Å²) in [5, 5.41) is 3.75. The normalized spacial score (nSPS) is 31.7. The number of hydrogen-bond donors (Lipinski definition) is 1. The third kappa shape index (κ3) is 4.17. The van der Waals surface area contributed by atoms with Gasteiger partial charge in [0.2, 0.25) is 0 Å². The predicted molar refractivity (Wildman–Crippen MR) is 80.5 cm³/mol. The summed E-state index contributed by atoms with van der Waals surface area (Å²) in [4.78, 5) is 2.44. The highest BCUT2D eigenvalue weighted by Crippen LogP contribution is 2.37. The monoisotopic (exact) mass is 268 g/mol. The lowest BCUT2D eigenvalue weighted by molar-refractivity contribution is -0.0698. The van der Waals surface area contributed by atoms with Crippen molar-refractivity contribution in [1.82, 2.24) is 10.2 Å². The molecule has 0 aromatic carbocycles. The molecule has 0 bridgehead atoms. The fourth-order valence-corrected chi connectivity index (χ4v) is 3.69. The number of rotatable bonds is 4. The van der Waals surface area contributed by atoms with E-state index in [1.807, 2.05) is 0 Å².